The highest BCUT2D eigenvalue weighted by molar-refractivity contribution is 5.88. The number of aryl methyl sites for hydroxylation is 1. The van der Waals surface area contributed by atoms with Crippen LogP contribution in [-0.2, 0) is 22.6 Å². The highest BCUT2D eigenvalue weighted by Gasteiger charge is 2.29. The largest absolute Gasteiger partial charge is 0.497 e. The van der Waals surface area contributed by atoms with Gasteiger partial charge in [0.2, 0.25) is 11.8 Å². The Morgan fingerprint density at radius 2 is 1.70 bits per heavy atom. The van der Waals surface area contributed by atoms with Gasteiger partial charge in [0.05, 0.1) is 13.5 Å². The summed E-state index contributed by atoms with van der Waals surface area (Å²) in [5, 5.41) is 3.04. The number of benzene rings is 2. The fraction of sp³-hybridized carbons (Fsp3) is 0.440. The second kappa shape index (κ2) is 11.4. The summed E-state index contributed by atoms with van der Waals surface area (Å²) >= 11 is 0. The van der Waals surface area contributed by atoms with Crippen LogP contribution in [0, 0.1) is 6.92 Å². The van der Waals surface area contributed by atoms with Crippen molar-refractivity contribution in [2.75, 3.05) is 7.11 Å². The summed E-state index contributed by atoms with van der Waals surface area (Å²) in [5.74, 6) is 0.614. The van der Waals surface area contributed by atoms with Gasteiger partial charge in [0, 0.05) is 12.6 Å². The van der Waals surface area contributed by atoms with Gasteiger partial charge >= 0.3 is 0 Å². The van der Waals surface area contributed by atoms with E-state index in [0.717, 1.165) is 28.9 Å². The minimum absolute atomic E-state index is 0.0498. The zero-order valence-electron chi connectivity index (χ0n) is 18.8. The first kappa shape index (κ1) is 23.5. The zero-order valence-corrected chi connectivity index (χ0v) is 18.8. The van der Waals surface area contributed by atoms with Gasteiger partial charge in [-0.1, -0.05) is 50.2 Å². The third-order valence-corrected chi connectivity index (χ3v) is 5.50. The molecule has 0 spiro atoms. The van der Waals surface area contributed by atoms with Gasteiger partial charge in [-0.2, -0.15) is 0 Å². The number of rotatable bonds is 10. The van der Waals surface area contributed by atoms with Gasteiger partial charge in [-0.3, -0.25) is 9.59 Å². The van der Waals surface area contributed by atoms with Crippen molar-refractivity contribution in [2.45, 2.75) is 65.6 Å². The molecule has 2 aromatic rings. The Morgan fingerprint density at radius 3 is 2.27 bits per heavy atom. The van der Waals surface area contributed by atoms with Crippen LogP contribution in [0.4, 0.5) is 0 Å². The zero-order chi connectivity index (χ0) is 22.1. The van der Waals surface area contributed by atoms with Gasteiger partial charge in [0.1, 0.15) is 11.8 Å². The molecule has 2 rings (SSSR count). The molecule has 5 nitrogen and oxygen atoms in total. The normalized spacial score (nSPS) is 12.7. The van der Waals surface area contributed by atoms with Crippen LogP contribution in [0.3, 0.4) is 0 Å². The third kappa shape index (κ3) is 6.34. The van der Waals surface area contributed by atoms with Gasteiger partial charge in [0.25, 0.3) is 0 Å². The first-order valence-corrected chi connectivity index (χ1v) is 10.7. The average molecular weight is 411 g/mol. The van der Waals surface area contributed by atoms with Gasteiger partial charge < -0.3 is 15.0 Å². The number of methoxy groups -OCH3 is 1. The average Bonchev–Trinajstić information content (AvgIpc) is 2.75. The minimum Gasteiger partial charge on any atom is -0.497 e. The van der Waals surface area contributed by atoms with Crippen LogP contribution in [0.5, 0.6) is 5.75 Å². The summed E-state index contributed by atoms with van der Waals surface area (Å²) in [6, 6.07) is 15.1. The van der Waals surface area contributed by atoms with E-state index in [-0.39, 0.29) is 24.3 Å². The molecule has 0 aliphatic carbocycles. The Hall–Kier alpha value is -2.82. The SMILES string of the molecule is CC[C@@H](C)NC(=O)[C@@H](CC)N(Cc1ccc(OC)cc1)C(=O)Cc1ccccc1C. The van der Waals surface area contributed by atoms with Crippen molar-refractivity contribution >= 4 is 11.8 Å². The smallest absolute Gasteiger partial charge is 0.243 e. The minimum atomic E-state index is -0.516. The maximum Gasteiger partial charge on any atom is 0.243 e. The van der Waals surface area contributed by atoms with Crippen LogP contribution in [0.25, 0.3) is 0 Å². The topological polar surface area (TPSA) is 58.6 Å². The molecule has 2 amide bonds. The third-order valence-electron chi connectivity index (χ3n) is 5.50. The van der Waals surface area contributed by atoms with E-state index in [9.17, 15) is 9.59 Å². The number of nitrogens with one attached hydrogen (secondary N) is 1. The molecule has 30 heavy (non-hydrogen) atoms. The summed E-state index contributed by atoms with van der Waals surface area (Å²) in [6.07, 6.45) is 1.67. The van der Waals surface area contributed by atoms with E-state index in [1.165, 1.54) is 0 Å². The number of carbonyl (C=O) groups excluding carboxylic acids is 2. The maximum atomic E-state index is 13.4. The number of hydrogen-bond acceptors (Lipinski definition) is 3. The van der Waals surface area contributed by atoms with E-state index in [1.807, 2.05) is 76.2 Å². The number of hydrogen-bond donors (Lipinski definition) is 1. The van der Waals surface area contributed by atoms with Crippen molar-refractivity contribution in [3.63, 3.8) is 0 Å². The van der Waals surface area contributed by atoms with Crippen LogP contribution in [0.2, 0.25) is 0 Å². The van der Waals surface area contributed by atoms with Gasteiger partial charge in [-0.25, -0.2) is 0 Å². The number of amides is 2. The molecule has 5 heteroatoms. The van der Waals surface area contributed by atoms with E-state index in [4.69, 9.17) is 4.74 Å². The molecule has 0 unspecified atom stereocenters. The summed E-state index contributed by atoms with van der Waals surface area (Å²) in [6.45, 7) is 8.34. The molecule has 162 valence electrons. The molecule has 2 aromatic carbocycles. The molecule has 0 aliphatic heterocycles. The monoisotopic (exact) mass is 410 g/mol. The Kier molecular flexibility index (Phi) is 8.90. The van der Waals surface area contributed by atoms with E-state index in [2.05, 4.69) is 5.32 Å². The van der Waals surface area contributed by atoms with Crippen LogP contribution in [-0.4, -0.2) is 35.9 Å². The lowest BCUT2D eigenvalue weighted by molar-refractivity contribution is -0.141. The van der Waals surface area contributed by atoms with Crippen LogP contribution in [0.1, 0.15) is 50.3 Å². The van der Waals surface area contributed by atoms with E-state index in [1.54, 1.807) is 12.0 Å². The first-order valence-electron chi connectivity index (χ1n) is 10.7. The van der Waals surface area contributed by atoms with E-state index < -0.39 is 6.04 Å². The van der Waals surface area contributed by atoms with Gasteiger partial charge in [-0.15, -0.1) is 0 Å². The quantitative estimate of drug-likeness (QED) is 0.636. The Balaban J connectivity index is 2.30. The molecule has 1 N–H and O–H groups in total. The highest BCUT2D eigenvalue weighted by Crippen LogP contribution is 2.18. The lowest BCUT2D eigenvalue weighted by Gasteiger charge is -2.31. The number of ether oxygens (including phenoxy) is 1. The Labute approximate surface area is 180 Å². The molecule has 0 fully saturated rings. The van der Waals surface area contributed by atoms with Crippen molar-refractivity contribution in [1.29, 1.82) is 0 Å². The Bertz CT molecular complexity index is 833. The molecule has 0 radical (unpaired) electrons. The van der Waals surface area contributed by atoms with Crippen LogP contribution < -0.4 is 10.1 Å². The van der Waals surface area contributed by atoms with Gasteiger partial charge in [-0.05, 0) is 55.5 Å². The second-order valence-electron chi connectivity index (χ2n) is 7.71. The second-order valence-corrected chi connectivity index (χ2v) is 7.71. The Morgan fingerprint density at radius 1 is 1.03 bits per heavy atom. The highest BCUT2D eigenvalue weighted by atomic mass is 16.5. The summed E-state index contributed by atoms with van der Waals surface area (Å²) in [5.41, 5.74) is 3.02. The van der Waals surface area contributed by atoms with Crippen molar-refractivity contribution < 1.29 is 14.3 Å². The molecular formula is C25H34N2O3. The van der Waals surface area contributed by atoms with E-state index >= 15 is 0 Å². The van der Waals surface area contributed by atoms with Gasteiger partial charge in [0.15, 0.2) is 0 Å². The molecule has 2 atom stereocenters. The molecular weight excluding hydrogens is 376 g/mol. The predicted octanol–water partition coefficient (Wildman–Crippen LogP) is 4.27. The van der Waals surface area contributed by atoms with Crippen molar-refractivity contribution in [1.82, 2.24) is 10.2 Å². The van der Waals surface area contributed by atoms with Crippen molar-refractivity contribution in [2.24, 2.45) is 0 Å². The standard InChI is InChI=1S/C25H34N2O3/c1-6-19(4)26-25(29)23(7-2)27(17-20-12-14-22(30-5)15-13-20)24(28)16-21-11-9-8-10-18(21)3/h8-15,19,23H,6-7,16-17H2,1-5H3,(H,26,29)/t19-,23-/m1/s1. The summed E-state index contributed by atoms with van der Waals surface area (Å²) < 4.78 is 5.23. The fourth-order valence-electron chi connectivity index (χ4n) is 3.36. The fourth-order valence-corrected chi connectivity index (χ4v) is 3.36. The molecule has 0 aromatic heterocycles. The van der Waals surface area contributed by atoms with Crippen LogP contribution >= 0.6 is 0 Å². The van der Waals surface area contributed by atoms with E-state index in [0.29, 0.717) is 13.0 Å². The maximum absolute atomic E-state index is 13.4. The van der Waals surface area contributed by atoms with Crippen molar-refractivity contribution in [3.8, 4) is 5.75 Å². The predicted molar refractivity (Wildman–Crippen MR) is 120 cm³/mol. The molecule has 0 saturated heterocycles. The molecule has 0 aliphatic rings. The van der Waals surface area contributed by atoms with Crippen molar-refractivity contribution in [3.05, 3.63) is 65.2 Å². The first-order chi connectivity index (χ1) is 14.4. The molecule has 0 saturated carbocycles. The summed E-state index contributed by atoms with van der Waals surface area (Å²) in [7, 11) is 1.62. The number of nitrogens with zero attached hydrogens (tertiary/aromatic N) is 1. The number of carbonyl (C=O) groups is 2. The lowest BCUT2D eigenvalue weighted by atomic mass is 10.0. The molecule has 0 heterocycles. The lowest BCUT2D eigenvalue weighted by Crippen LogP contribution is -2.51. The summed E-state index contributed by atoms with van der Waals surface area (Å²) in [4.78, 5) is 28.1. The molecule has 0 bridgehead atoms. The van der Waals surface area contributed by atoms with Crippen LogP contribution in [0.15, 0.2) is 48.5 Å².